The Balaban J connectivity index is 2.21. The molecular formula is C15H11FN2O2. The third kappa shape index (κ3) is 1.80. The van der Waals surface area contributed by atoms with Gasteiger partial charge in [0.25, 0.3) is 5.91 Å². The fraction of sp³-hybridized carbons (Fsp3) is 0. The monoisotopic (exact) mass is 270 g/mol. The van der Waals surface area contributed by atoms with E-state index in [4.69, 9.17) is 15.9 Å². The molecule has 2 aromatic carbocycles. The second kappa shape index (κ2) is 4.38. The minimum absolute atomic E-state index is 0.0781. The van der Waals surface area contributed by atoms with Crippen LogP contribution in [0.2, 0.25) is 0 Å². The Hall–Kier alpha value is -2.82. The van der Waals surface area contributed by atoms with Gasteiger partial charge in [0.05, 0.1) is 5.69 Å². The fourth-order valence-electron chi connectivity index (χ4n) is 2.16. The van der Waals surface area contributed by atoms with Crippen LogP contribution in [-0.4, -0.2) is 5.91 Å². The number of benzene rings is 2. The highest BCUT2D eigenvalue weighted by molar-refractivity contribution is 6.05. The first-order valence-electron chi connectivity index (χ1n) is 5.94. The molecule has 0 aliphatic carbocycles. The molecule has 1 heterocycles. The number of nitrogens with two attached hydrogens (primary N) is 2. The number of carbonyl (C=O) groups excluding carboxylic acids is 1. The Morgan fingerprint density at radius 1 is 1.15 bits per heavy atom. The van der Waals surface area contributed by atoms with E-state index < -0.39 is 5.91 Å². The van der Waals surface area contributed by atoms with Gasteiger partial charge in [-0.25, -0.2) is 4.39 Å². The predicted molar refractivity (Wildman–Crippen MR) is 74.5 cm³/mol. The van der Waals surface area contributed by atoms with Crippen molar-refractivity contribution in [2.75, 3.05) is 5.73 Å². The summed E-state index contributed by atoms with van der Waals surface area (Å²) in [7, 11) is 0. The van der Waals surface area contributed by atoms with E-state index in [1.165, 1.54) is 6.07 Å². The van der Waals surface area contributed by atoms with E-state index in [9.17, 15) is 9.18 Å². The summed E-state index contributed by atoms with van der Waals surface area (Å²) in [6.07, 6.45) is 0. The largest absolute Gasteiger partial charge is 0.449 e. The first kappa shape index (κ1) is 12.2. The van der Waals surface area contributed by atoms with Crippen LogP contribution in [0.15, 0.2) is 46.9 Å². The molecule has 5 heteroatoms. The average Bonchev–Trinajstić information content (AvgIpc) is 2.76. The van der Waals surface area contributed by atoms with Crippen LogP contribution in [-0.2, 0) is 0 Å². The number of halogens is 1. The fourth-order valence-corrected chi connectivity index (χ4v) is 2.16. The number of carbonyl (C=O) groups is 1. The highest BCUT2D eigenvalue weighted by Gasteiger charge is 2.16. The van der Waals surface area contributed by atoms with E-state index in [-0.39, 0.29) is 17.3 Å². The van der Waals surface area contributed by atoms with Gasteiger partial charge in [-0.1, -0.05) is 24.3 Å². The van der Waals surface area contributed by atoms with Crippen LogP contribution in [0.5, 0.6) is 0 Å². The maximum absolute atomic E-state index is 13.8. The van der Waals surface area contributed by atoms with Crippen LogP contribution in [0.1, 0.15) is 10.6 Å². The molecule has 0 spiro atoms. The second-order valence-electron chi connectivity index (χ2n) is 4.40. The zero-order valence-electron chi connectivity index (χ0n) is 10.4. The van der Waals surface area contributed by atoms with E-state index in [1.54, 1.807) is 36.4 Å². The number of fused-ring (bicyclic) bond motifs is 1. The molecule has 20 heavy (non-hydrogen) atoms. The molecule has 0 saturated heterocycles. The lowest BCUT2D eigenvalue weighted by atomic mass is 10.0. The molecule has 3 rings (SSSR count). The lowest BCUT2D eigenvalue weighted by molar-refractivity contribution is 0.0977. The van der Waals surface area contributed by atoms with E-state index in [2.05, 4.69) is 0 Å². The summed E-state index contributed by atoms with van der Waals surface area (Å²) in [6.45, 7) is 0. The van der Waals surface area contributed by atoms with Gasteiger partial charge in [-0.3, -0.25) is 4.79 Å². The highest BCUT2D eigenvalue weighted by atomic mass is 19.1. The zero-order valence-corrected chi connectivity index (χ0v) is 10.4. The SMILES string of the molecule is NC(=O)c1oc2cc(-c3ccccc3F)ccc2c1N. The van der Waals surface area contributed by atoms with Crippen molar-refractivity contribution in [1.29, 1.82) is 0 Å². The summed E-state index contributed by atoms with van der Waals surface area (Å²) in [6, 6.07) is 11.4. The molecule has 0 fully saturated rings. The van der Waals surface area contributed by atoms with E-state index in [0.717, 1.165) is 0 Å². The minimum atomic E-state index is -0.730. The molecule has 0 atom stereocenters. The topological polar surface area (TPSA) is 82.2 Å². The zero-order chi connectivity index (χ0) is 14.3. The second-order valence-corrected chi connectivity index (χ2v) is 4.40. The van der Waals surface area contributed by atoms with Gasteiger partial charge in [-0.05, 0) is 23.8 Å². The Bertz CT molecular complexity index is 824. The van der Waals surface area contributed by atoms with Crippen molar-refractivity contribution in [3.05, 3.63) is 54.0 Å². The number of hydrogen-bond donors (Lipinski definition) is 2. The maximum Gasteiger partial charge on any atom is 0.286 e. The molecule has 0 unspecified atom stereocenters. The number of hydrogen-bond acceptors (Lipinski definition) is 3. The highest BCUT2D eigenvalue weighted by Crippen LogP contribution is 2.32. The minimum Gasteiger partial charge on any atom is -0.449 e. The molecule has 0 bridgehead atoms. The van der Waals surface area contributed by atoms with Crippen LogP contribution >= 0.6 is 0 Å². The third-order valence-electron chi connectivity index (χ3n) is 3.14. The summed E-state index contributed by atoms with van der Waals surface area (Å²) in [5, 5.41) is 0.582. The predicted octanol–water partition coefficient (Wildman–Crippen LogP) is 2.92. The normalized spacial score (nSPS) is 10.8. The van der Waals surface area contributed by atoms with Gasteiger partial charge < -0.3 is 15.9 Å². The van der Waals surface area contributed by atoms with Crippen molar-refractivity contribution in [2.45, 2.75) is 0 Å². The number of rotatable bonds is 2. The van der Waals surface area contributed by atoms with E-state index >= 15 is 0 Å². The lowest BCUT2D eigenvalue weighted by Gasteiger charge is -2.02. The number of amides is 1. The van der Waals surface area contributed by atoms with Crippen LogP contribution in [0.4, 0.5) is 10.1 Å². The van der Waals surface area contributed by atoms with Gasteiger partial charge >= 0.3 is 0 Å². The van der Waals surface area contributed by atoms with Gasteiger partial charge in [-0.15, -0.1) is 0 Å². The molecule has 1 aromatic heterocycles. The number of nitrogen functional groups attached to an aromatic ring is 1. The first-order valence-corrected chi connectivity index (χ1v) is 5.94. The summed E-state index contributed by atoms with van der Waals surface area (Å²) in [5.74, 6) is -1.14. The Morgan fingerprint density at radius 3 is 2.60 bits per heavy atom. The number of furan rings is 1. The molecule has 0 aliphatic heterocycles. The van der Waals surface area contributed by atoms with Gasteiger partial charge in [0.2, 0.25) is 5.76 Å². The van der Waals surface area contributed by atoms with Crippen molar-refractivity contribution >= 4 is 22.6 Å². The average molecular weight is 270 g/mol. The molecule has 4 nitrogen and oxygen atoms in total. The van der Waals surface area contributed by atoms with Crippen molar-refractivity contribution in [3.63, 3.8) is 0 Å². The number of primary amides is 1. The smallest absolute Gasteiger partial charge is 0.286 e. The van der Waals surface area contributed by atoms with Gasteiger partial charge in [0, 0.05) is 10.9 Å². The van der Waals surface area contributed by atoms with Crippen LogP contribution in [0.3, 0.4) is 0 Å². The standard InChI is InChI=1S/C15H11FN2O2/c16-11-4-2-1-3-9(11)8-5-6-10-12(7-8)20-14(13(10)17)15(18)19/h1-7H,17H2,(H2,18,19). The first-order chi connectivity index (χ1) is 9.58. The molecule has 0 radical (unpaired) electrons. The summed E-state index contributed by atoms with van der Waals surface area (Å²) >= 11 is 0. The quantitative estimate of drug-likeness (QED) is 0.751. The van der Waals surface area contributed by atoms with E-state index in [0.29, 0.717) is 22.1 Å². The Kier molecular flexibility index (Phi) is 2.68. The van der Waals surface area contributed by atoms with Gasteiger partial charge in [0.1, 0.15) is 11.4 Å². The summed E-state index contributed by atoms with van der Waals surface area (Å²) in [4.78, 5) is 11.2. The molecule has 1 amide bonds. The van der Waals surface area contributed by atoms with Crippen LogP contribution in [0, 0.1) is 5.82 Å². The summed E-state index contributed by atoms with van der Waals surface area (Å²) < 4.78 is 19.1. The molecule has 3 aromatic rings. The molecule has 4 N–H and O–H groups in total. The number of anilines is 1. The van der Waals surface area contributed by atoms with Gasteiger partial charge in [0.15, 0.2) is 0 Å². The molecule has 100 valence electrons. The van der Waals surface area contributed by atoms with Crippen molar-refractivity contribution in [1.82, 2.24) is 0 Å². The van der Waals surface area contributed by atoms with Crippen molar-refractivity contribution in [3.8, 4) is 11.1 Å². The Labute approximate surface area is 113 Å². The third-order valence-corrected chi connectivity index (χ3v) is 3.14. The van der Waals surface area contributed by atoms with Crippen LogP contribution in [0.25, 0.3) is 22.1 Å². The van der Waals surface area contributed by atoms with Crippen LogP contribution < -0.4 is 11.5 Å². The molecule has 0 saturated carbocycles. The lowest BCUT2D eigenvalue weighted by Crippen LogP contribution is -2.11. The van der Waals surface area contributed by atoms with Crippen molar-refractivity contribution in [2.24, 2.45) is 5.73 Å². The maximum atomic E-state index is 13.8. The Morgan fingerprint density at radius 2 is 1.90 bits per heavy atom. The summed E-state index contributed by atoms with van der Waals surface area (Å²) in [5.41, 5.74) is 12.7. The molecule has 0 aliphatic rings. The van der Waals surface area contributed by atoms with Crippen molar-refractivity contribution < 1.29 is 13.6 Å². The van der Waals surface area contributed by atoms with Gasteiger partial charge in [-0.2, -0.15) is 0 Å². The molecular weight excluding hydrogens is 259 g/mol. The van der Waals surface area contributed by atoms with E-state index in [1.807, 2.05) is 0 Å².